The minimum absolute atomic E-state index is 0.107. The summed E-state index contributed by atoms with van der Waals surface area (Å²) in [6.07, 6.45) is 0.143. The fourth-order valence-electron chi connectivity index (χ4n) is 3.03. The minimum atomic E-state index is -0.458. The van der Waals surface area contributed by atoms with Gasteiger partial charge in [0, 0.05) is 31.8 Å². The number of methoxy groups -OCH3 is 1. The number of hydrogen-bond acceptors (Lipinski definition) is 8. The highest BCUT2D eigenvalue weighted by Crippen LogP contribution is 2.36. The van der Waals surface area contributed by atoms with Crippen molar-refractivity contribution in [1.82, 2.24) is 10.2 Å². The van der Waals surface area contributed by atoms with Crippen LogP contribution in [0, 0.1) is 5.92 Å². The lowest BCUT2D eigenvalue weighted by molar-refractivity contribution is -0.122. The molecule has 0 radical (unpaired) electrons. The second-order valence-corrected chi connectivity index (χ2v) is 7.22. The predicted octanol–water partition coefficient (Wildman–Crippen LogP) is 1.45. The Balaban J connectivity index is 1.43. The zero-order chi connectivity index (χ0) is 18.8. The maximum atomic E-state index is 12.5. The van der Waals surface area contributed by atoms with Gasteiger partial charge in [-0.1, -0.05) is 11.3 Å². The molecule has 3 heterocycles. The van der Waals surface area contributed by atoms with E-state index < -0.39 is 5.92 Å². The zero-order valence-electron chi connectivity index (χ0n) is 14.6. The number of anilines is 2. The molecule has 1 aromatic carbocycles. The lowest BCUT2D eigenvalue weighted by Gasteiger charge is -2.22. The van der Waals surface area contributed by atoms with Crippen LogP contribution < -0.4 is 19.7 Å². The van der Waals surface area contributed by atoms with Gasteiger partial charge in [0.15, 0.2) is 11.5 Å². The van der Waals surface area contributed by atoms with Crippen LogP contribution in [0.2, 0.25) is 0 Å². The van der Waals surface area contributed by atoms with Crippen molar-refractivity contribution < 1.29 is 23.8 Å². The Hall–Kier alpha value is -2.72. The van der Waals surface area contributed by atoms with E-state index in [1.807, 2.05) is 0 Å². The van der Waals surface area contributed by atoms with Gasteiger partial charge in [-0.15, -0.1) is 10.2 Å². The Bertz CT molecular complexity index is 871. The number of aromatic nitrogens is 2. The summed E-state index contributed by atoms with van der Waals surface area (Å²) in [5.41, 5.74) is 0.692. The van der Waals surface area contributed by atoms with Crippen molar-refractivity contribution in [2.45, 2.75) is 13.0 Å². The fraction of sp³-hybridized carbons (Fsp3) is 0.412. The van der Waals surface area contributed by atoms with Crippen molar-refractivity contribution in [1.29, 1.82) is 0 Å². The molecule has 0 spiro atoms. The second-order valence-electron chi connectivity index (χ2n) is 6.16. The molecule has 2 aliphatic heterocycles. The van der Waals surface area contributed by atoms with Crippen LogP contribution in [0.25, 0.3) is 0 Å². The number of fused-ring (bicyclic) bond motifs is 1. The first kappa shape index (κ1) is 17.7. The lowest BCUT2D eigenvalue weighted by atomic mass is 10.1. The lowest BCUT2D eigenvalue weighted by Crippen LogP contribution is -2.28. The summed E-state index contributed by atoms with van der Waals surface area (Å²) in [6.45, 7) is 1.62. The molecule has 1 atom stereocenters. The first-order valence-electron chi connectivity index (χ1n) is 8.46. The van der Waals surface area contributed by atoms with Gasteiger partial charge in [-0.3, -0.25) is 9.59 Å². The first-order valence-corrected chi connectivity index (χ1v) is 9.28. The number of nitrogens with one attached hydrogen (secondary N) is 1. The standard InChI is InChI=1S/C17H18N4O5S/c1-24-9-14-19-20-17(27-14)18-16(23)10-6-15(22)21(8-10)11-2-3-12-13(7-11)26-5-4-25-12/h2-3,7,10H,4-6,8-9H2,1H3,(H,18,20,23). The van der Waals surface area contributed by atoms with Gasteiger partial charge in [0.25, 0.3) is 0 Å². The number of benzene rings is 1. The van der Waals surface area contributed by atoms with Crippen molar-refractivity contribution in [2.24, 2.45) is 5.92 Å². The summed E-state index contributed by atoms with van der Waals surface area (Å²) in [6, 6.07) is 5.35. The zero-order valence-corrected chi connectivity index (χ0v) is 15.5. The SMILES string of the molecule is COCc1nnc(NC(=O)C2CC(=O)N(c3ccc4c(c3)OCCO4)C2)s1. The number of nitrogens with zero attached hydrogens (tertiary/aromatic N) is 3. The molecule has 1 saturated heterocycles. The minimum Gasteiger partial charge on any atom is -0.486 e. The average molecular weight is 390 g/mol. The van der Waals surface area contributed by atoms with Crippen LogP contribution in [0.5, 0.6) is 11.5 Å². The second kappa shape index (κ2) is 7.49. The third kappa shape index (κ3) is 3.71. The third-order valence-corrected chi connectivity index (χ3v) is 5.11. The highest BCUT2D eigenvalue weighted by Gasteiger charge is 2.36. The Labute approximate surface area is 159 Å². The molecule has 27 heavy (non-hydrogen) atoms. The number of hydrogen-bond donors (Lipinski definition) is 1. The van der Waals surface area contributed by atoms with E-state index >= 15 is 0 Å². The van der Waals surface area contributed by atoms with Gasteiger partial charge >= 0.3 is 0 Å². The Morgan fingerprint density at radius 2 is 2.15 bits per heavy atom. The van der Waals surface area contributed by atoms with Gasteiger partial charge in [-0.2, -0.15) is 0 Å². The predicted molar refractivity (Wildman–Crippen MR) is 97.1 cm³/mol. The molecule has 2 amide bonds. The molecule has 1 N–H and O–H groups in total. The molecule has 142 valence electrons. The van der Waals surface area contributed by atoms with Crippen LogP contribution in [0.1, 0.15) is 11.4 Å². The smallest absolute Gasteiger partial charge is 0.231 e. The summed E-state index contributed by atoms with van der Waals surface area (Å²) in [5.74, 6) is 0.459. The Morgan fingerprint density at radius 3 is 2.96 bits per heavy atom. The van der Waals surface area contributed by atoms with Crippen LogP contribution in [0.15, 0.2) is 18.2 Å². The van der Waals surface area contributed by atoms with Crippen molar-refractivity contribution in [3.63, 3.8) is 0 Å². The monoisotopic (exact) mass is 390 g/mol. The number of carbonyl (C=O) groups is 2. The Kier molecular flexibility index (Phi) is 4.90. The van der Waals surface area contributed by atoms with E-state index in [1.165, 1.54) is 11.3 Å². The van der Waals surface area contributed by atoms with E-state index in [4.69, 9.17) is 14.2 Å². The molecule has 0 bridgehead atoms. The molecule has 10 heteroatoms. The molecule has 2 aliphatic rings. The summed E-state index contributed by atoms with van der Waals surface area (Å²) in [5, 5.41) is 11.7. The molecule has 1 unspecified atom stereocenters. The molecule has 9 nitrogen and oxygen atoms in total. The van der Waals surface area contributed by atoms with Gasteiger partial charge < -0.3 is 24.4 Å². The van der Waals surface area contributed by atoms with E-state index in [1.54, 1.807) is 30.2 Å². The van der Waals surface area contributed by atoms with Crippen molar-refractivity contribution in [3.8, 4) is 11.5 Å². The highest BCUT2D eigenvalue weighted by atomic mass is 32.1. The fourth-order valence-corrected chi connectivity index (χ4v) is 3.74. The van der Waals surface area contributed by atoms with Gasteiger partial charge in [0.1, 0.15) is 24.8 Å². The van der Waals surface area contributed by atoms with Crippen LogP contribution in [-0.2, 0) is 20.9 Å². The van der Waals surface area contributed by atoms with Gasteiger partial charge in [-0.25, -0.2) is 0 Å². The largest absolute Gasteiger partial charge is 0.486 e. The number of ether oxygens (including phenoxy) is 3. The number of amides is 2. The van der Waals surface area contributed by atoms with E-state index in [-0.39, 0.29) is 18.2 Å². The van der Waals surface area contributed by atoms with Crippen LogP contribution in [-0.4, -0.2) is 48.9 Å². The molecule has 1 fully saturated rings. The van der Waals surface area contributed by atoms with Crippen molar-refractivity contribution in [3.05, 3.63) is 23.2 Å². The normalized spacial score (nSPS) is 18.6. The molecule has 4 rings (SSSR count). The van der Waals surface area contributed by atoms with E-state index in [0.717, 1.165) is 0 Å². The maximum absolute atomic E-state index is 12.5. The Morgan fingerprint density at radius 1 is 1.33 bits per heavy atom. The molecule has 0 aliphatic carbocycles. The molecular formula is C17H18N4O5S. The maximum Gasteiger partial charge on any atom is 0.231 e. The van der Waals surface area contributed by atoms with Gasteiger partial charge in [0.2, 0.25) is 16.9 Å². The number of rotatable bonds is 5. The highest BCUT2D eigenvalue weighted by molar-refractivity contribution is 7.15. The molecule has 0 saturated carbocycles. The van der Waals surface area contributed by atoms with E-state index in [0.29, 0.717) is 53.7 Å². The molecule has 2 aromatic rings. The van der Waals surface area contributed by atoms with E-state index in [9.17, 15) is 9.59 Å². The van der Waals surface area contributed by atoms with Crippen LogP contribution in [0.4, 0.5) is 10.8 Å². The van der Waals surface area contributed by atoms with Crippen LogP contribution >= 0.6 is 11.3 Å². The van der Waals surface area contributed by atoms with Gasteiger partial charge in [-0.05, 0) is 12.1 Å². The first-order chi connectivity index (χ1) is 13.1. The van der Waals surface area contributed by atoms with Crippen molar-refractivity contribution in [2.75, 3.05) is 37.1 Å². The topological polar surface area (TPSA) is 103 Å². The van der Waals surface area contributed by atoms with E-state index in [2.05, 4.69) is 15.5 Å². The average Bonchev–Trinajstić information content (AvgIpc) is 3.28. The summed E-state index contributed by atoms with van der Waals surface area (Å²) >= 11 is 1.25. The summed E-state index contributed by atoms with van der Waals surface area (Å²) in [7, 11) is 1.57. The number of carbonyl (C=O) groups excluding carboxylic acids is 2. The quantitative estimate of drug-likeness (QED) is 0.824. The summed E-state index contributed by atoms with van der Waals surface area (Å²) in [4.78, 5) is 26.5. The van der Waals surface area contributed by atoms with Crippen molar-refractivity contribution >= 4 is 34.0 Å². The molecular weight excluding hydrogens is 372 g/mol. The third-order valence-electron chi connectivity index (χ3n) is 4.30. The van der Waals surface area contributed by atoms with Gasteiger partial charge in [0.05, 0.1) is 5.92 Å². The van der Waals surface area contributed by atoms with Crippen LogP contribution in [0.3, 0.4) is 0 Å². The molecule has 1 aromatic heterocycles. The summed E-state index contributed by atoms with van der Waals surface area (Å²) < 4.78 is 16.1.